The normalized spacial score (nSPS) is 14.8. The van der Waals surface area contributed by atoms with Gasteiger partial charge in [0.15, 0.2) is 5.69 Å². The second-order valence-electron chi connectivity index (χ2n) is 9.65. The molecule has 1 amide bonds. The monoisotopic (exact) mass is 563 g/mol. The highest BCUT2D eigenvalue weighted by molar-refractivity contribution is 6.33. The molecule has 0 saturated carbocycles. The molecule has 0 bridgehead atoms. The van der Waals surface area contributed by atoms with Crippen LogP contribution in [0.5, 0.6) is 0 Å². The molecule has 0 saturated heterocycles. The molecule has 0 spiro atoms. The lowest BCUT2D eigenvalue weighted by Gasteiger charge is -2.33. The van der Waals surface area contributed by atoms with Gasteiger partial charge in [0.1, 0.15) is 28.8 Å². The Morgan fingerprint density at radius 1 is 1.15 bits per heavy atom. The van der Waals surface area contributed by atoms with Crippen molar-refractivity contribution in [1.29, 1.82) is 0 Å². The zero-order valence-electron chi connectivity index (χ0n) is 21.7. The van der Waals surface area contributed by atoms with Gasteiger partial charge in [-0.05, 0) is 45.4 Å². The summed E-state index contributed by atoms with van der Waals surface area (Å²) in [6.45, 7) is 7.91. The van der Waals surface area contributed by atoms with Crippen molar-refractivity contribution in [3.8, 4) is 22.8 Å². The van der Waals surface area contributed by atoms with E-state index in [2.05, 4.69) is 15.2 Å². The third kappa shape index (κ3) is 4.70. The fraction of sp³-hybridized carbons (Fsp3) is 0.385. The molecule has 0 fully saturated rings. The van der Waals surface area contributed by atoms with Gasteiger partial charge in [0.25, 0.3) is 0 Å². The number of nitrogens with zero attached hydrogens (tertiary/aromatic N) is 7. The van der Waals surface area contributed by atoms with Gasteiger partial charge < -0.3 is 4.57 Å². The van der Waals surface area contributed by atoms with E-state index in [1.54, 1.807) is 46.4 Å². The van der Waals surface area contributed by atoms with E-state index < -0.39 is 23.7 Å². The number of benzene rings is 1. The van der Waals surface area contributed by atoms with E-state index in [9.17, 15) is 18.0 Å². The van der Waals surface area contributed by atoms with Crippen LogP contribution < -0.4 is 4.90 Å². The van der Waals surface area contributed by atoms with Crippen molar-refractivity contribution in [2.45, 2.75) is 65.5 Å². The molecular formula is C26H26ClF4N7O. The lowest BCUT2D eigenvalue weighted by Crippen LogP contribution is -2.39. The average molecular weight is 564 g/mol. The first kappa shape index (κ1) is 26.9. The number of aromatic nitrogens is 6. The highest BCUT2D eigenvalue weighted by atomic mass is 35.5. The summed E-state index contributed by atoms with van der Waals surface area (Å²) in [4.78, 5) is 18.3. The van der Waals surface area contributed by atoms with Crippen LogP contribution >= 0.6 is 11.6 Å². The smallest absolute Gasteiger partial charge is 0.331 e. The highest BCUT2D eigenvalue weighted by Gasteiger charge is 2.36. The molecule has 0 N–H and O–H groups in total. The standard InChI is InChI=1S/C26H26ClF4N7O/c1-5-35-13-21(26(29,30)31)33-25(35)17-7-6-16(10-19(17)28)15(4)37-22-11-20(34-36(22)9-8-23(37)39)24-18(27)12-32-38(24)14(2)3/h6-7,10-15H,5,8-9H2,1-4H3. The third-order valence-corrected chi connectivity index (χ3v) is 7.08. The van der Waals surface area contributed by atoms with Crippen molar-refractivity contribution in [2.75, 3.05) is 4.90 Å². The third-order valence-electron chi connectivity index (χ3n) is 6.81. The summed E-state index contributed by atoms with van der Waals surface area (Å²) in [7, 11) is 0. The van der Waals surface area contributed by atoms with E-state index in [1.165, 1.54) is 16.7 Å². The van der Waals surface area contributed by atoms with Crippen molar-refractivity contribution < 1.29 is 22.4 Å². The van der Waals surface area contributed by atoms with E-state index >= 15 is 4.39 Å². The predicted octanol–water partition coefficient (Wildman–Crippen LogP) is 6.52. The minimum atomic E-state index is -4.65. The van der Waals surface area contributed by atoms with Gasteiger partial charge in [-0.1, -0.05) is 17.7 Å². The maximum atomic E-state index is 15.4. The Morgan fingerprint density at radius 3 is 2.54 bits per heavy atom. The molecule has 1 aliphatic rings. The Morgan fingerprint density at radius 2 is 1.90 bits per heavy atom. The Kier molecular flexibility index (Phi) is 6.78. The SMILES string of the molecule is CCn1cc(C(F)(F)F)nc1-c1ccc(C(C)N2C(=O)CCn3nc(-c4c(Cl)cnn4C(C)C)cc32)cc1F. The number of amides is 1. The van der Waals surface area contributed by atoms with Crippen LogP contribution in [-0.2, 0) is 24.1 Å². The number of hydrogen-bond acceptors (Lipinski definition) is 4. The van der Waals surface area contributed by atoms with Gasteiger partial charge >= 0.3 is 6.18 Å². The van der Waals surface area contributed by atoms with Crippen LogP contribution in [0.2, 0.25) is 5.02 Å². The molecular weight excluding hydrogens is 538 g/mol. The van der Waals surface area contributed by atoms with Crippen LogP contribution in [0.3, 0.4) is 0 Å². The molecule has 1 unspecified atom stereocenters. The first-order valence-electron chi connectivity index (χ1n) is 12.5. The van der Waals surface area contributed by atoms with Crippen LogP contribution in [0.1, 0.15) is 57.5 Å². The molecule has 1 aromatic carbocycles. The lowest BCUT2D eigenvalue weighted by molar-refractivity contribution is -0.140. The number of anilines is 1. The molecule has 8 nitrogen and oxygen atoms in total. The molecule has 0 aliphatic carbocycles. The fourth-order valence-corrected chi connectivity index (χ4v) is 5.07. The summed E-state index contributed by atoms with van der Waals surface area (Å²) < 4.78 is 59.7. The molecule has 39 heavy (non-hydrogen) atoms. The molecule has 5 rings (SSSR count). The van der Waals surface area contributed by atoms with Crippen molar-refractivity contribution in [3.63, 3.8) is 0 Å². The van der Waals surface area contributed by atoms with E-state index in [-0.39, 0.29) is 36.3 Å². The van der Waals surface area contributed by atoms with Crippen LogP contribution in [0.4, 0.5) is 23.4 Å². The summed E-state index contributed by atoms with van der Waals surface area (Å²) in [6.07, 6.45) is -2.03. The second-order valence-corrected chi connectivity index (χ2v) is 10.1. The van der Waals surface area contributed by atoms with Crippen LogP contribution in [0, 0.1) is 5.82 Å². The summed E-state index contributed by atoms with van der Waals surface area (Å²) in [6, 6.07) is 5.42. The van der Waals surface area contributed by atoms with Gasteiger partial charge in [-0.15, -0.1) is 0 Å². The molecule has 13 heteroatoms. The Hall–Kier alpha value is -3.67. The number of rotatable bonds is 6. The molecule has 1 atom stereocenters. The van der Waals surface area contributed by atoms with Gasteiger partial charge in [-0.3, -0.25) is 14.4 Å². The van der Waals surface area contributed by atoms with Gasteiger partial charge in [0.2, 0.25) is 5.91 Å². The Labute approximate surface area is 226 Å². The minimum Gasteiger partial charge on any atom is -0.331 e. The number of hydrogen-bond donors (Lipinski definition) is 0. The highest BCUT2D eigenvalue weighted by Crippen LogP contribution is 2.38. The Bertz CT molecular complexity index is 1550. The number of halogens is 5. The van der Waals surface area contributed by atoms with Crippen molar-refractivity contribution in [3.05, 3.63) is 58.8 Å². The lowest BCUT2D eigenvalue weighted by atomic mass is 10.0. The van der Waals surface area contributed by atoms with E-state index in [0.29, 0.717) is 34.3 Å². The topological polar surface area (TPSA) is 73.8 Å². The van der Waals surface area contributed by atoms with Crippen LogP contribution in [0.15, 0.2) is 36.7 Å². The molecule has 0 radical (unpaired) electrons. The molecule has 206 valence electrons. The molecule has 3 aromatic heterocycles. The van der Waals surface area contributed by atoms with Gasteiger partial charge in [0, 0.05) is 31.3 Å². The van der Waals surface area contributed by atoms with Crippen molar-refractivity contribution >= 4 is 23.3 Å². The Balaban J connectivity index is 1.51. The van der Waals surface area contributed by atoms with Gasteiger partial charge in [-0.2, -0.15) is 23.4 Å². The number of alkyl halides is 3. The molecule has 4 heterocycles. The van der Waals surface area contributed by atoms with Crippen LogP contribution in [0.25, 0.3) is 22.8 Å². The number of carbonyl (C=O) groups is 1. The van der Waals surface area contributed by atoms with E-state index in [4.69, 9.17) is 11.6 Å². The number of carbonyl (C=O) groups excluding carboxylic acids is 1. The quantitative estimate of drug-likeness (QED) is 0.250. The maximum absolute atomic E-state index is 15.4. The first-order chi connectivity index (χ1) is 18.4. The van der Waals surface area contributed by atoms with Crippen LogP contribution in [-0.4, -0.2) is 35.0 Å². The first-order valence-corrected chi connectivity index (χ1v) is 12.9. The van der Waals surface area contributed by atoms with Crippen molar-refractivity contribution in [2.24, 2.45) is 0 Å². The average Bonchev–Trinajstić information content (AvgIpc) is 3.59. The second kappa shape index (κ2) is 9.82. The largest absolute Gasteiger partial charge is 0.434 e. The summed E-state index contributed by atoms with van der Waals surface area (Å²) in [5, 5.41) is 9.43. The maximum Gasteiger partial charge on any atom is 0.434 e. The summed E-state index contributed by atoms with van der Waals surface area (Å²) >= 11 is 6.42. The zero-order chi connectivity index (χ0) is 28.2. The van der Waals surface area contributed by atoms with E-state index in [1.807, 2.05) is 13.8 Å². The van der Waals surface area contributed by atoms with E-state index in [0.717, 1.165) is 6.20 Å². The zero-order valence-corrected chi connectivity index (χ0v) is 22.4. The summed E-state index contributed by atoms with van der Waals surface area (Å²) in [5.41, 5.74) is 0.516. The van der Waals surface area contributed by atoms with Crippen molar-refractivity contribution in [1.82, 2.24) is 29.1 Å². The predicted molar refractivity (Wildman–Crippen MR) is 138 cm³/mol. The number of fused-ring (bicyclic) bond motifs is 1. The summed E-state index contributed by atoms with van der Waals surface area (Å²) in [5.74, 6) is -0.482. The van der Waals surface area contributed by atoms with Gasteiger partial charge in [0.05, 0.1) is 29.4 Å². The number of imidazole rings is 1. The fourth-order valence-electron chi connectivity index (χ4n) is 4.85. The van der Waals surface area contributed by atoms with Gasteiger partial charge in [-0.25, -0.2) is 14.1 Å². The minimum absolute atomic E-state index is 0.0277. The molecule has 1 aliphatic heterocycles. The molecule has 4 aromatic rings. The number of aryl methyl sites for hydroxylation is 2.